The third-order valence-electron chi connectivity index (χ3n) is 5.68. The molecule has 134 valence electrons. The number of likely N-dealkylation sites (tertiary alicyclic amines) is 1. The van der Waals surface area contributed by atoms with Gasteiger partial charge in [0.15, 0.2) is 0 Å². The third kappa shape index (κ3) is 2.87. The van der Waals surface area contributed by atoms with Crippen molar-refractivity contribution in [1.82, 2.24) is 15.2 Å². The molecule has 0 spiro atoms. The summed E-state index contributed by atoms with van der Waals surface area (Å²) < 4.78 is 0. The van der Waals surface area contributed by atoms with Crippen LogP contribution in [-0.4, -0.2) is 33.3 Å². The SMILES string of the molecule is C[C@]12C[C@@H](c3ccccc3)N(C(=O)c3ccncc3)[C@H]1CCCC(=O)N2. The summed E-state index contributed by atoms with van der Waals surface area (Å²) in [5, 5.41) is 3.21. The molecule has 2 saturated heterocycles. The molecule has 2 aromatic rings. The zero-order valence-electron chi connectivity index (χ0n) is 14.9. The monoisotopic (exact) mass is 349 g/mol. The van der Waals surface area contributed by atoms with Crippen molar-refractivity contribution >= 4 is 11.8 Å². The quantitative estimate of drug-likeness (QED) is 0.906. The van der Waals surface area contributed by atoms with E-state index in [2.05, 4.69) is 29.4 Å². The fraction of sp³-hybridized carbons (Fsp3) is 0.381. The van der Waals surface area contributed by atoms with E-state index in [0.717, 1.165) is 24.8 Å². The molecule has 1 N–H and O–H groups in total. The van der Waals surface area contributed by atoms with Crippen LogP contribution in [-0.2, 0) is 4.79 Å². The van der Waals surface area contributed by atoms with Crippen LogP contribution in [0.2, 0.25) is 0 Å². The first-order valence-corrected chi connectivity index (χ1v) is 9.17. The Kier molecular flexibility index (Phi) is 4.23. The van der Waals surface area contributed by atoms with E-state index < -0.39 is 5.54 Å². The number of pyridine rings is 1. The lowest BCUT2D eigenvalue weighted by Gasteiger charge is -2.35. The van der Waals surface area contributed by atoms with Crippen LogP contribution >= 0.6 is 0 Å². The van der Waals surface area contributed by atoms with Crippen LogP contribution < -0.4 is 5.32 Å². The van der Waals surface area contributed by atoms with Crippen molar-refractivity contribution in [2.24, 2.45) is 0 Å². The predicted octanol–water partition coefficient (Wildman–Crippen LogP) is 3.10. The molecular formula is C21H23N3O2. The van der Waals surface area contributed by atoms with E-state index in [1.807, 2.05) is 23.1 Å². The summed E-state index contributed by atoms with van der Waals surface area (Å²) in [6.07, 6.45) is 6.18. The molecule has 1 aromatic carbocycles. The zero-order valence-corrected chi connectivity index (χ0v) is 14.9. The maximum absolute atomic E-state index is 13.4. The number of hydrogen-bond donors (Lipinski definition) is 1. The minimum atomic E-state index is -0.406. The highest BCUT2D eigenvalue weighted by molar-refractivity contribution is 5.95. The maximum atomic E-state index is 13.4. The highest BCUT2D eigenvalue weighted by Gasteiger charge is 2.52. The molecule has 0 aliphatic carbocycles. The Morgan fingerprint density at radius 2 is 1.92 bits per heavy atom. The number of aromatic nitrogens is 1. The summed E-state index contributed by atoms with van der Waals surface area (Å²) >= 11 is 0. The van der Waals surface area contributed by atoms with E-state index in [0.29, 0.717) is 12.0 Å². The van der Waals surface area contributed by atoms with Crippen molar-refractivity contribution in [3.63, 3.8) is 0 Å². The number of nitrogens with one attached hydrogen (secondary N) is 1. The van der Waals surface area contributed by atoms with Gasteiger partial charge >= 0.3 is 0 Å². The zero-order chi connectivity index (χ0) is 18.1. The second-order valence-electron chi connectivity index (χ2n) is 7.45. The van der Waals surface area contributed by atoms with Crippen molar-refractivity contribution in [3.8, 4) is 0 Å². The lowest BCUT2D eigenvalue weighted by Crippen LogP contribution is -2.53. The Hall–Kier alpha value is -2.69. The van der Waals surface area contributed by atoms with Crippen LogP contribution in [0.1, 0.15) is 54.6 Å². The largest absolute Gasteiger partial charge is 0.349 e. The molecule has 3 heterocycles. The lowest BCUT2D eigenvalue weighted by atomic mass is 9.88. The fourth-order valence-electron chi connectivity index (χ4n) is 4.47. The fourth-order valence-corrected chi connectivity index (χ4v) is 4.47. The highest BCUT2D eigenvalue weighted by atomic mass is 16.2. The smallest absolute Gasteiger partial charge is 0.254 e. The second-order valence-corrected chi connectivity index (χ2v) is 7.45. The van der Waals surface area contributed by atoms with Crippen molar-refractivity contribution in [3.05, 3.63) is 66.0 Å². The van der Waals surface area contributed by atoms with Gasteiger partial charge in [0.05, 0.1) is 17.6 Å². The molecule has 0 saturated carbocycles. The van der Waals surface area contributed by atoms with Gasteiger partial charge in [-0.05, 0) is 43.9 Å². The Morgan fingerprint density at radius 3 is 2.65 bits per heavy atom. The van der Waals surface area contributed by atoms with Crippen LogP contribution in [0, 0.1) is 0 Å². The van der Waals surface area contributed by atoms with Crippen molar-refractivity contribution in [2.75, 3.05) is 0 Å². The van der Waals surface area contributed by atoms with Crippen LogP contribution in [0.5, 0.6) is 0 Å². The van der Waals surface area contributed by atoms with E-state index in [1.54, 1.807) is 24.5 Å². The summed E-state index contributed by atoms with van der Waals surface area (Å²) in [4.78, 5) is 31.6. The standard InChI is InChI=1S/C21H23N3O2/c1-21-14-17(15-6-3-2-4-7-15)24(18(21)8-5-9-19(25)23-21)20(26)16-10-12-22-13-11-16/h2-4,6-7,10-13,17-18H,5,8-9,14H2,1H3,(H,23,25)/t17-,18-,21-/m0/s1. The first kappa shape index (κ1) is 16.8. The van der Waals surface area contributed by atoms with Gasteiger partial charge in [0.1, 0.15) is 0 Å². The minimum absolute atomic E-state index is 0.00567. The van der Waals surface area contributed by atoms with Gasteiger partial charge in [-0.3, -0.25) is 14.6 Å². The predicted molar refractivity (Wildman–Crippen MR) is 98.4 cm³/mol. The van der Waals surface area contributed by atoms with Crippen LogP contribution in [0.4, 0.5) is 0 Å². The number of benzene rings is 1. The number of nitrogens with zero attached hydrogens (tertiary/aromatic N) is 2. The molecule has 0 bridgehead atoms. The topological polar surface area (TPSA) is 62.3 Å². The molecule has 5 nitrogen and oxygen atoms in total. The van der Waals surface area contributed by atoms with Crippen molar-refractivity contribution in [1.29, 1.82) is 0 Å². The number of rotatable bonds is 2. The van der Waals surface area contributed by atoms with E-state index in [-0.39, 0.29) is 23.9 Å². The van der Waals surface area contributed by atoms with Crippen molar-refractivity contribution < 1.29 is 9.59 Å². The average molecular weight is 349 g/mol. The molecule has 2 aliphatic heterocycles. The third-order valence-corrected chi connectivity index (χ3v) is 5.68. The molecule has 4 rings (SSSR count). The molecule has 0 unspecified atom stereocenters. The van der Waals surface area contributed by atoms with Gasteiger partial charge < -0.3 is 10.2 Å². The Morgan fingerprint density at radius 1 is 1.19 bits per heavy atom. The van der Waals surface area contributed by atoms with E-state index in [1.165, 1.54) is 0 Å². The molecule has 5 heteroatoms. The van der Waals surface area contributed by atoms with E-state index in [4.69, 9.17) is 0 Å². The van der Waals surface area contributed by atoms with Crippen LogP contribution in [0.15, 0.2) is 54.9 Å². The molecule has 0 radical (unpaired) electrons. The second kappa shape index (κ2) is 6.56. The molecule has 2 aliphatic rings. The maximum Gasteiger partial charge on any atom is 0.254 e. The summed E-state index contributed by atoms with van der Waals surface area (Å²) in [5.74, 6) is 0.0890. The summed E-state index contributed by atoms with van der Waals surface area (Å²) in [7, 11) is 0. The number of carbonyl (C=O) groups is 2. The molecule has 3 atom stereocenters. The van der Waals surface area contributed by atoms with Gasteiger partial charge in [-0.2, -0.15) is 0 Å². The lowest BCUT2D eigenvalue weighted by molar-refractivity contribution is -0.122. The number of carbonyl (C=O) groups excluding carboxylic acids is 2. The van der Waals surface area contributed by atoms with Gasteiger partial charge in [-0.25, -0.2) is 0 Å². The first-order chi connectivity index (χ1) is 12.6. The Balaban J connectivity index is 1.77. The van der Waals surface area contributed by atoms with Crippen LogP contribution in [0.25, 0.3) is 0 Å². The molecule has 1 aromatic heterocycles. The van der Waals surface area contributed by atoms with E-state index >= 15 is 0 Å². The summed E-state index contributed by atoms with van der Waals surface area (Å²) in [6.45, 7) is 2.08. The van der Waals surface area contributed by atoms with Gasteiger partial charge in [-0.1, -0.05) is 30.3 Å². The molecule has 2 fully saturated rings. The normalized spacial score (nSPS) is 28.2. The van der Waals surface area contributed by atoms with Gasteiger partial charge in [-0.15, -0.1) is 0 Å². The van der Waals surface area contributed by atoms with Crippen molar-refractivity contribution in [2.45, 2.75) is 50.2 Å². The first-order valence-electron chi connectivity index (χ1n) is 9.17. The van der Waals surface area contributed by atoms with Gasteiger partial charge in [0.25, 0.3) is 5.91 Å². The van der Waals surface area contributed by atoms with Gasteiger partial charge in [0.2, 0.25) is 5.91 Å². The average Bonchev–Trinajstić information content (AvgIpc) is 2.86. The summed E-state index contributed by atoms with van der Waals surface area (Å²) in [6, 6.07) is 13.6. The minimum Gasteiger partial charge on any atom is -0.349 e. The number of hydrogen-bond acceptors (Lipinski definition) is 3. The molecule has 2 amide bonds. The number of amides is 2. The molecule has 26 heavy (non-hydrogen) atoms. The molecular weight excluding hydrogens is 326 g/mol. The van der Waals surface area contributed by atoms with Gasteiger partial charge in [0, 0.05) is 24.4 Å². The Labute approximate surface area is 153 Å². The number of fused-ring (bicyclic) bond motifs is 1. The Bertz CT molecular complexity index is 809. The van der Waals surface area contributed by atoms with E-state index in [9.17, 15) is 9.59 Å². The highest BCUT2D eigenvalue weighted by Crippen LogP contribution is 2.45. The van der Waals surface area contributed by atoms with Crippen LogP contribution in [0.3, 0.4) is 0 Å². The summed E-state index contributed by atoms with van der Waals surface area (Å²) in [5.41, 5.74) is 1.34.